The van der Waals surface area contributed by atoms with Crippen molar-refractivity contribution in [2.45, 2.75) is 6.61 Å². The molecule has 0 saturated carbocycles. The summed E-state index contributed by atoms with van der Waals surface area (Å²) < 4.78 is 39.3. The van der Waals surface area contributed by atoms with Crippen LogP contribution in [0.4, 0.5) is 8.78 Å². The summed E-state index contributed by atoms with van der Waals surface area (Å²) in [7, 11) is 1.33. The molecule has 0 aliphatic heterocycles. The summed E-state index contributed by atoms with van der Waals surface area (Å²) in [5.41, 5.74) is 0.741. The van der Waals surface area contributed by atoms with Gasteiger partial charge in [0.2, 0.25) is 0 Å². The molecule has 0 spiro atoms. The maximum atomic E-state index is 12.5. The number of carboxylic acids is 1. The van der Waals surface area contributed by atoms with Crippen LogP contribution >= 0.6 is 0 Å². The Hall–Kier alpha value is -3.42. The molecule has 2 rings (SSSR count). The molecule has 0 fully saturated rings. The van der Waals surface area contributed by atoms with E-state index in [4.69, 9.17) is 14.6 Å². The van der Waals surface area contributed by atoms with Gasteiger partial charge in [0, 0.05) is 5.56 Å². The molecule has 27 heavy (non-hydrogen) atoms. The molecule has 0 aromatic heterocycles. The van der Waals surface area contributed by atoms with Gasteiger partial charge >= 0.3 is 12.6 Å². The summed E-state index contributed by atoms with van der Waals surface area (Å²) in [5, 5.41) is 8.61. The smallest absolute Gasteiger partial charge is 0.387 e. The molecule has 0 amide bonds. The molecule has 0 aliphatic carbocycles. The lowest BCUT2D eigenvalue weighted by Crippen LogP contribution is -2.09. The van der Waals surface area contributed by atoms with E-state index >= 15 is 0 Å². The van der Waals surface area contributed by atoms with E-state index in [1.54, 1.807) is 18.2 Å². The SMILES string of the molecule is COc1ccc(/C=C/C(=O)c2cccc(OCC(=O)O)c2)cc1OC(F)F. The van der Waals surface area contributed by atoms with Gasteiger partial charge in [0.1, 0.15) is 5.75 Å². The van der Waals surface area contributed by atoms with Gasteiger partial charge in [-0.1, -0.05) is 24.3 Å². The molecule has 0 unspecified atom stereocenters. The van der Waals surface area contributed by atoms with Gasteiger partial charge in [-0.05, 0) is 35.9 Å². The second-order valence-electron chi connectivity index (χ2n) is 5.20. The minimum Gasteiger partial charge on any atom is -0.493 e. The largest absolute Gasteiger partial charge is 0.493 e. The maximum absolute atomic E-state index is 12.5. The van der Waals surface area contributed by atoms with E-state index in [1.165, 1.54) is 43.5 Å². The molecule has 6 nitrogen and oxygen atoms in total. The van der Waals surface area contributed by atoms with Gasteiger partial charge in [0.25, 0.3) is 0 Å². The van der Waals surface area contributed by atoms with Crippen molar-refractivity contribution >= 4 is 17.8 Å². The maximum Gasteiger partial charge on any atom is 0.387 e. The van der Waals surface area contributed by atoms with Crippen LogP contribution in [-0.4, -0.2) is 37.2 Å². The Bertz CT molecular complexity index is 848. The predicted octanol–water partition coefficient (Wildman–Crippen LogP) is 3.66. The molecule has 0 atom stereocenters. The number of alkyl halides is 2. The van der Waals surface area contributed by atoms with Gasteiger partial charge in [-0.2, -0.15) is 8.78 Å². The van der Waals surface area contributed by atoms with Gasteiger partial charge in [-0.3, -0.25) is 4.79 Å². The van der Waals surface area contributed by atoms with Crippen LogP contribution in [0.3, 0.4) is 0 Å². The fourth-order valence-corrected chi connectivity index (χ4v) is 2.14. The fraction of sp³-hybridized carbons (Fsp3) is 0.158. The van der Waals surface area contributed by atoms with E-state index in [1.807, 2.05) is 0 Å². The van der Waals surface area contributed by atoms with Crippen molar-refractivity contribution in [3.63, 3.8) is 0 Å². The second-order valence-corrected chi connectivity index (χ2v) is 5.20. The molecular formula is C19H16F2O6. The number of hydrogen-bond donors (Lipinski definition) is 1. The van der Waals surface area contributed by atoms with Crippen molar-refractivity contribution in [3.05, 3.63) is 59.7 Å². The van der Waals surface area contributed by atoms with Crippen LogP contribution in [0.2, 0.25) is 0 Å². The normalized spacial score (nSPS) is 10.8. The molecule has 0 heterocycles. The first-order valence-corrected chi connectivity index (χ1v) is 7.69. The van der Waals surface area contributed by atoms with Crippen molar-refractivity contribution in [2.24, 2.45) is 0 Å². The Balaban J connectivity index is 2.14. The Labute approximate surface area is 153 Å². The molecule has 8 heteroatoms. The van der Waals surface area contributed by atoms with E-state index in [0.717, 1.165) is 0 Å². The van der Waals surface area contributed by atoms with Crippen LogP contribution in [0.25, 0.3) is 6.08 Å². The highest BCUT2D eigenvalue weighted by Gasteiger charge is 2.11. The number of hydrogen-bond acceptors (Lipinski definition) is 5. The minimum absolute atomic E-state index is 0.141. The number of carboxylic acid groups (broad SMARTS) is 1. The van der Waals surface area contributed by atoms with Gasteiger partial charge in [0.15, 0.2) is 23.9 Å². The first kappa shape index (κ1) is 19.9. The number of aliphatic carboxylic acids is 1. The van der Waals surface area contributed by atoms with E-state index in [0.29, 0.717) is 5.56 Å². The van der Waals surface area contributed by atoms with Crippen molar-refractivity contribution in [2.75, 3.05) is 13.7 Å². The third-order valence-corrected chi connectivity index (χ3v) is 3.31. The average Bonchev–Trinajstić information content (AvgIpc) is 2.64. The first-order chi connectivity index (χ1) is 12.9. The summed E-state index contributed by atoms with van der Waals surface area (Å²) in [6.45, 7) is -3.53. The van der Waals surface area contributed by atoms with E-state index in [9.17, 15) is 18.4 Å². The molecule has 142 valence electrons. The summed E-state index contributed by atoms with van der Waals surface area (Å²) in [4.78, 5) is 22.8. The lowest BCUT2D eigenvalue weighted by molar-refractivity contribution is -0.139. The molecule has 2 aromatic rings. The zero-order chi connectivity index (χ0) is 19.8. The van der Waals surface area contributed by atoms with Crippen molar-refractivity contribution in [1.29, 1.82) is 0 Å². The molecular weight excluding hydrogens is 362 g/mol. The molecule has 2 aromatic carbocycles. The number of carbonyl (C=O) groups excluding carboxylic acids is 1. The third kappa shape index (κ3) is 6.10. The quantitative estimate of drug-likeness (QED) is 0.530. The Morgan fingerprint density at radius 2 is 1.93 bits per heavy atom. The summed E-state index contributed by atoms with van der Waals surface area (Å²) in [6.07, 6.45) is 2.69. The number of ether oxygens (including phenoxy) is 3. The van der Waals surface area contributed by atoms with Crippen LogP contribution in [0.15, 0.2) is 48.5 Å². The summed E-state index contributed by atoms with van der Waals surface area (Å²) in [6, 6.07) is 10.4. The van der Waals surface area contributed by atoms with E-state index < -0.39 is 19.2 Å². The van der Waals surface area contributed by atoms with Crippen molar-refractivity contribution in [1.82, 2.24) is 0 Å². The highest BCUT2D eigenvalue weighted by atomic mass is 19.3. The zero-order valence-corrected chi connectivity index (χ0v) is 14.2. The van der Waals surface area contributed by atoms with Crippen LogP contribution in [0, 0.1) is 0 Å². The number of carbonyl (C=O) groups is 2. The summed E-state index contributed by atoms with van der Waals surface area (Å²) in [5.74, 6) is -1.27. The molecule has 0 aliphatic rings. The van der Waals surface area contributed by atoms with Crippen molar-refractivity contribution < 1.29 is 37.7 Å². The zero-order valence-electron chi connectivity index (χ0n) is 14.2. The monoisotopic (exact) mass is 378 g/mol. The number of allylic oxidation sites excluding steroid dienone is 1. The van der Waals surface area contributed by atoms with Crippen LogP contribution < -0.4 is 14.2 Å². The van der Waals surface area contributed by atoms with Gasteiger partial charge < -0.3 is 19.3 Å². The molecule has 0 bridgehead atoms. The Kier molecular flexibility index (Phi) is 6.87. The minimum atomic E-state index is -3.01. The fourth-order valence-electron chi connectivity index (χ4n) is 2.14. The highest BCUT2D eigenvalue weighted by molar-refractivity contribution is 6.07. The summed E-state index contributed by atoms with van der Waals surface area (Å²) >= 11 is 0. The topological polar surface area (TPSA) is 82.1 Å². The van der Waals surface area contributed by atoms with E-state index in [2.05, 4.69) is 4.74 Å². The lowest BCUT2D eigenvalue weighted by Gasteiger charge is -2.10. The average molecular weight is 378 g/mol. The van der Waals surface area contributed by atoms with Crippen molar-refractivity contribution in [3.8, 4) is 17.2 Å². The van der Waals surface area contributed by atoms with E-state index in [-0.39, 0.29) is 28.6 Å². The number of methoxy groups -OCH3 is 1. The van der Waals surface area contributed by atoms with Gasteiger partial charge in [-0.15, -0.1) is 0 Å². The van der Waals surface area contributed by atoms with Crippen LogP contribution in [0.1, 0.15) is 15.9 Å². The Morgan fingerprint density at radius 1 is 1.15 bits per heavy atom. The predicted molar refractivity (Wildman–Crippen MR) is 92.6 cm³/mol. The molecule has 1 N–H and O–H groups in total. The number of benzene rings is 2. The molecule has 0 saturated heterocycles. The lowest BCUT2D eigenvalue weighted by atomic mass is 10.1. The van der Waals surface area contributed by atoms with Gasteiger partial charge in [-0.25, -0.2) is 4.79 Å². The number of rotatable bonds is 9. The second kappa shape index (κ2) is 9.33. The number of halogens is 2. The molecule has 0 radical (unpaired) electrons. The first-order valence-electron chi connectivity index (χ1n) is 7.69. The van der Waals surface area contributed by atoms with Gasteiger partial charge in [0.05, 0.1) is 7.11 Å². The van der Waals surface area contributed by atoms with Crippen LogP contribution in [-0.2, 0) is 4.79 Å². The van der Waals surface area contributed by atoms with Crippen LogP contribution in [0.5, 0.6) is 17.2 Å². The Morgan fingerprint density at radius 3 is 2.59 bits per heavy atom. The third-order valence-electron chi connectivity index (χ3n) is 3.31. The number of ketones is 1. The highest BCUT2D eigenvalue weighted by Crippen LogP contribution is 2.30. The standard InChI is InChI=1S/C19H16F2O6/c1-25-16-8-6-12(9-17(16)27-19(20)21)5-7-15(22)13-3-2-4-14(10-13)26-11-18(23)24/h2-10,19H,11H2,1H3,(H,23,24)/b7-5+.